The minimum atomic E-state index is -0.697. The van der Waals surface area contributed by atoms with Crippen molar-refractivity contribution in [1.82, 2.24) is 9.80 Å². The number of halogens is 1. The first-order valence-electron chi connectivity index (χ1n) is 14.2. The molecular formula is C33H41ClN4O2. The van der Waals surface area contributed by atoms with Gasteiger partial charge in [-0.05, 0) is 53.6 Å². The maximum Gasteiger partial charge on any atom is 0.240 e. The topological polar surface area (TPSA) is 69.9 Å². The Balaban J connectivity index is 1.63. The minimum absolute atomic E-state index is 0.103. The zero-order chi connectivity index (χ0) is 28.5. The fraction of sp³-hybridized carbons (Fsp3) is 0.394. The van der Waals surface area contributed by atoms with Gasteiger partial charge in [0.15, 0.2) is 0 Å². The Bertz CT molecular complexity index is 1270. The van der Waals surface area contributed by atoms with Crippen LogP contribution in [0.15, 0.2) is 78.9 Å². The summed E-state index contributed by atoms with van der Waals surface area (Å²) in [6, 6.07) is 25.1. The molecule has 212 valence electrons. The van der Waals surface area contributed by atoms with Crippen molar-refractivity contribution < 1.29 is 9.59 Å². The Morgan fingerprint density at radius 2 is 1.60 bits per heavy atom. The predicted molar refractivity (Wildman–Crippen MR) is 163 cm³/mol. The van der Waals surface area contributed by atoms with Gasteiger partial charge in [-0.1, -0.05) is 86.1 Å². The Morgan fingerprint density at radius 3 is 2.35 bits per heavy atom. The Labute approximate surface area is 243 Å². The maximum atomic E-state index is 13.8. The average Bonchev–Trinajstić information content (AvgIpc) is 2.96. The highest BCUT2D eigenvalue weighted by molar-refractivity contribution is 6.30. The quantitative estimate of drug-likeness (QED) is 0.413. The second-order valence-corrected chi connectivity index (χ2v) is 11.5. The van der Waals surface area contributed by atoms with E-state index in [4.69, 9.17) is 17.3 Å². The molecule has 0 aliphatic carbocycles. The van der Waals surface area contributed by atoms with Gasteiger partial charge in [0, 0.05) is 56.4 Å². The summed E-state index contributed by atoms with van der Waals surface area (Å²) in [5, 5.41) is 0.629. The summed E-state index contributed by atoms with van der Waals surface area (Å²) in [7, 11) is 0. The van der Waals surface area contributed by atoms with Gasteiger partial charge in [-0.2, -0.15) is 0 Å². The van der Waals surface area contributed by atoms with Crippen molar-refractivity contribution in [1.29, 1.82) is 0 Å². The van der Waals surface area contributed by atoms with E-state index in [0.717, 1.165) is 36.3 Å². The molecule has 4 rings (SSSR count). The van der Waals surface area contributed by atoms with Crippen molar-refractivity contribution in [3.05, 3.63) is 101 Å². The lowest BCUT2D eigenvalue weighted by Crippen LogP contribution is -2.47. The van der Waals surface area contributed by atoms with E-state index in [1.807, 2.05) is 64.4 Å². The third-order valence-electron chi connectivity index (χ3n) is 7.29. The lowest BCUT2D eigenvalue weighted by Gasteiger charge is -2.30. The van der Waals surface area contributed by atoms with Gasteiger partial charge in [0.25, 0.3) is 0 Å². The first-order valence-corrected chi connectivity index (χ1v) is 14.6. The molecule has 0 radical (unpaired) electrons. The highest BCUT2D eigenvalue weighted by Crippen LogP contribution is 2.25. The van der Waals surface area contributed by atoms with Gasteiger partial charge < -0.3 is 15.5 Å². The lowest BCUT2D eigenvalue weighted by atomic mass is 10.0. The Kier molecular flexibility index (Phi) is 10.8. The summed E-state index contributed by atoms with van der Waals surface area (Å²) in [6.07, 6.45) is 1.73. The van der Waals surface area contributed by atoms with E-state index in [1.54, 1.807) is 0 Å². The number of carbonyl (C=O) groups excluding carboxylic acids is 2. The second-order valence-electron chi connectivity index (χ2n) is 11.1. The van der Waals surface area contributed by atoms with Crippen molar-refractivity contribution in [2.45, 2.75) is 52.2 Å². The number of carbonyl (C=O) groups is 2. The standard InChI is InChI=1S/C33H41ClN4O2/c1-25(2)20-32(39)38-17-9-16-36(23-26-10-4-3-5-11-26)18-19-37(24-28-13-6-7-15-31(28)38)33(40)30(35)22-27-12-8-14-29(34)21-27/h3-8,10-15,21,25,30H,9,16-20,22-24,35H2,1-2H3/t30-/m0/s1. The molecule has 0 unspecified atom stereocenters. The number of benzene rings is 3. The molecule has 1 atom stereocenters. The van der Waals surface area contributed by atoms with E-state index < -0.39 is 6.04 Å². The molecule has 6 nitrogen and oxygen atoms in total. The minimum Gasteiger partial charge on any atom is -0.336 e. The van der Waals surface area contributed by atoms with E-state index in [0.29, 0.717) is 44.0 Å². The van der Waals surface area contributed by atoms with Crippen LogP contribution >= 0.6 is 11.6 Å². The van der Waals surface area contributed by atoms with Gasteiger partial charge in [0.1, 0.15) is 0 Å². The normalized spacial score (nSPS) is 15.8. The summed E-state index contributed by atoms with van der Waals surface area (Å²) in [5.74, 6) is 0.274. The number of anilines is 1. The molecule has 3 aromatic rings. The largest absolute Gasteiger partial charge is 0.336 e. The molecule has 3 aromatic carbocycles. The molecule has 0 spiro atoms. The Morgan fingerprint density at radius 1 is 0.875 bits per heavy atom. The molecule has 0 saturated carbocycles. The Hall–Kier alpha value is -3.19. The molecule has 1 heterocycles. The molecule has 0 aromatic heterocycles. The number of para-hydroxylation sites is 1. The zero-order valence-corrected chi connectivity index (χ0v) is 24.4. The summed E-state index contributed by atoms with van der Waals surface area (Å²) in [6.45, 7) is 8.02. The number of hydrogen-bond donors (Lipinski definition) is 1. The predicted octanol–water partition coefficient (Wildman–Crippen LogP) is 5.52. The van der Waals surface area contributed by atoms with Crippen LogP contribution in [0.2, 0.25) is 5.02 Å². The monoisotopic (exact) mass is 560 g/mol. The van der Waals surface area contributed by atoms with Crippen LogP contribution in [0.25, 0.3) is 0 Å². The number of fused-ring (bicyclic) bond motifs is 1. The first kappa shape index (κ1) is 29.8. The van der Waals surface area contributed by atoms with Crippen molar-refractivity contribution >= 4 is 29.1 Å². The van der Waals surface area contributed by atoms with E-state index in [2.05, 4.69) is 43.0 Å². The molecule has 1 aliphatic rings. The second kappa shape index (κ2) is 14.4. The number of nitrogens with zero attached hydrogens (tertiary/aromatic N) is 3. The molecule has 40 heavy (non-hydrogen) atoms. The summed E-state index contributed by atoms with van der Waals surface area (Å²) in [4.78, 5) is 33.5. The van der Waals surface area contributed by atoms with Crippen LogP contribution in [-0.2, 0) is 29.1 Å². The van der Waals surface area contributed by atoms with Crippen molar-refractivity contribution in [2.24, 2.45) is 11.7 Å². The maximum absolute atomic E-state index is 13.8. The fourth-order valence-electron chi connectivity index (χ4n) is 5.29. The van der Waals surface area contributed by atoms with Crippen molar-refractivity contribution in [2.75, 3.05) is 31.1 Å². The van der Waals surface area contributed by atoms with Gasteiger partial charge >= 0.3 is 0 Å². The van der Waals surface area contributed by atoms with Crippen LogP contribution in [0, 0.1) is 5.92 Å². The summed E-state index contributed by atoms with van der Waals surface area (Å²) in [5.41, 5.74) is 10.5. The molecular weight excluding hydrogens is 520 g/mol. The van der Waals surface area contributed by atoms with Crippen LogP contribution in [0.1, 0.15) is 43.4 Å². The van der Waals surface area contributed by atoms with E-state index in [-0.39, 0.29) is 17.7 Å². The summed E-state index contributed by atoms with van der Waals surface area (Å²) < 4.78 is 0. The molecule has 1 aliphatic heterocycles. The highest BCUT2D eigenvalue weighted by Gasteiger charge is 2.26. The van der Waals surface area contributed by atoms with E-state index in [9.17, 15) is 9.59 Å². The zero-order valence-electron chi connectivity index (χ0n) is 23.6. The van der Waals surface area contributed by atoms with E-state index >= 15 is 0 Å². The highest BCUT2D eigenvalue weighted by atomic mass is 35.5. The molecule has 0 saturated heterocycles. The number of rotatable bonds is 7. The third-order valence-corrected chi connectivity index (χ3v) is 7.53. The van der Waals surface area contributed by atoms with Crippen LogP contribution in [-0.4, -0.2) is 53.8 Å². The first-order chi connectivity index (χ1) is 19.3. The molecule has 0 bridgehead atoms. The molecule has 2 N–H and O–H groups in total. The number of hydrogen-bond acceptors (Lipinski definition) is 4. The number of nitrogens with two attached hydrogens (primary N) is 1. The van der Waals surface area contributed by atoms with Gasteiger partial charge in [-0.15, -0.1) is 0 Å². The van der Waals surface area contributed by atoms with Gasteiger partial charge in [0.05, 0.1) is 6.04 Å². The van der Waals surface area contributed by atoms with E-state index in [1.165, 1.54) is 5.56 Å². The SMILES string of the molecule is CC(C)CC(=O)N1CCCN(Cc2ccccc2)CCN(C(=O)[C@@H](N)Cc2cccc(Cl)c2)Cc2ccccc21. The van der Waals surface area contributed by atoms with Gasteiger partial charge in [-0.3, -0.25) is 14.5 Å². The molecule has 2 amide bonds. The average molecular weight is 561 g/mol. The van der Waals surface area contributed by atoms with Crippen molar-refractivity contribution in [3.8, 4) is 0 Å². The smallest absolute Gasteiger partial charge is 0.240 e. The van der Waals surface area contributed by atoms with Crippen LogP contribution < -0.4 is 10.6 Å². The van der Waals surface area contributed by atoms with Gasteiger partial charge in [-0.25, -0.2) is 0 Å². The van der Waals surface area contributed by atoms with Crippen LogP contribution in [0.4, 0.5) is 5.69 Å². The van der Waals surface area contributed by atoms with Crippen LogP contribution in [0.3, 0.4) is 0 Å². The third kappa shape index (κ3) is 8.40. The molecule has 0 fully saturated rings. The van der Waals surface area contributed by atoms with Crippen LogP contribution in [0.5, 0.6) is 0 Å². The van der Waals surface area contributed by atoms with Crippen molar-refractivity contribution in [3.63, 3.8) is 0 Å². The fourth-order valence-corrected chi connectivity index (χ4v) is 5.50. The lowest BCUT2D eigenvalue weighted by molar-refractivity contribution is -0.133. The molecule has 7 heteroatoms. The van der Waals surface area contributed by atoms with Gasteiger partial charge in [0.2, 0.25) is 11.8 Å². The number of amides is 2. The summed E-state index contributed by atoms with van der Waals surface area (Å²) >= 11 is 6.18.